The van der Waals surface area contributed by atoms with Crippen LogP contribution in [0.25, 0.3) is 0 Å². The van der Waals surface area contributed by atoms with E-state index < -0.39 is 5.97 Å². The summed E-state index contributed by atoms with van der Waals surface area (Å²) in [6.07, 6.45) is 5.44. The van der Waals surface area contributed by atoms with Crippen LogP contribution in [0.3, 0.4) is 0 Å². The topological polar surface area (TPSA) is 64.4 Å². The third kappa shape index (κ3) is 4.82. The highest BCUT2D eigenvalue weighted by atomic mass is 19.1. The normalized spacial score (nSPS) is 11.3. The molecule has 0 radical (unpaired) electrons. The van der Waals surface area contributed by atoms with E-state index in [1.54, 1.807) is 49.8 Å². The summed E-state index contributed by atoms with van der Waals surface area (Å²) >= 11 is 0. The fourth-order valence-corrected chi connectivity index (χ4v) is 2.52. The van der Waals surface area contributed by atoms with Crippen LogP contribution in [0.2, 0.25) is 0 Å². The number of rotatable bonds is 6. The molecule has 1 aromatic carbocycles. The van der Waals surface area contributed by atoms with Gasteiger partial charge in [0.2, 0.25) is 0 Å². The van der Waals surface area contributed by atoms with Gasteiger partial charge in [-0.25, -0.2) is 19.2 Å². The van der Waals surface area contributed by atoms with Gasteiger partial charge in [0.05, 0.1) is 12.3 Å². The van der Waals surface area contributed by atoms with E-state index in [1.165, 1.54) is 12.1 Å². The molecule has 0 aliphatic heterocycles. The molecule has 0 spiro atoms. The molecule has 0 bridgehead atoms. The number of hydrogen-bond donors (Lipinski definition) is 0. The summed E-state index contributed by atoms with van der Waals surface area (Å²) in [4.78, 5) is 25.1. The molecule has 3 aromatic rings. The Morgan fingerprint density at radius 1 is 1.07 bits per heavy atom. The van der Waals surface area contributed by atoms with Crippen LogP contribution in [0, 0.1) is 5.82 Å². The summed E-state index contributed by atoms with van der Waals surface area (Å²) in [5, 5.41) is 0. The molecule has 2 heterocycles. The maximum atomic E-state index is 13.3. The number of benzene rings is 1. The first kappa shape index (κ1) is 18.4. The molecule has 0 saturated carbocycles. The van der Waals surface area contributed by atoms with Crippen molar-refractivity contribution in [3.63, 3.8) is 0 Å². The summed E-state index contributed by atoms with van der Waals surface area (Å²) < 4.78 is 18.4. The Balaban J connectivity index is 2.05. The number of ether oxygens (including phenoxy) is 1. The lowest BCUT2D eigenvalue weighted by Crippen LogP contribution is -2.09. The van der Waals surface area contributed by atoms with Gasteiger partial charge in [-0.2, -0.15) is 0 Å². The molecule has 0 atom stereocenters. The second-order valence-electron chi connectivity index (χ2n) is 5.69. The maximum Gasteiger partial charge on any atom is 0.341 e. The molecule has 0 aliphatic carbocycles. The van der Waals surface area contributed by atoms with Crippen LogP contribution < -0.4 is 0 Å². The van der Waals surface area contributed by atoms with Crippen LogP contribution in [0.4, 0.5) is 10.2 Å². The number of nitrogens with zero attached hydrogens (tertiary/aromatic N) is 3. The molecule has 0 saturated heterocycles. The van der Waals surface area contributed by atoms with Crippen molar-refractivity contribution >= 4 is 17.5 Å². The van der Waals surface area contributed by atoms with Crippen LogP contribution >= 0.6 is 0 Å². The number of pyridine rings is 2. The fourth-order valence-electron chi connectivity index (χ4n) is 2.52. The molecular formula is C21H18FN3O2. The number of halogens is 1. The average Bonchev–Trinajstić information content (AvgIpc) is 2.69. The van der Waals surface area contributed by atoms with Crippen molar-refractivity contribution in [2.75, 3.05) is 6.61 Å². The van der Waals surface area contributed by atoms with E-state index in [9.17, 15) is 9.18 Å². The molecule has 3 rings (SSSR count). The number of esters is 1. The van der Waals surface area contributed by atoms with Crippen LogP contribution in [0.1, 0.15) is 28.4 Å². The van der Waals surface area contributed by atoms with E-state index in [4.69, 9.17) is 4.74 Å². The molecule has 0 amide bonds. The molecule has 2 aromatic heterocycles. The van der Waals surface area contributed by atoms with Crippen molar-refractivity contribution in [2.24, 2.45) is 4.99 Å². The van der Waals surface area contributed by atoms with E-state index in [-0.39, 0.29) is 23.8 Å². The van der Waals surface area contributed by atoms with Crippen molar-refractivity contribution in [1.82, 2.24) is 9.97 Å². The SMILES string of the molecule is CCOC(=O)c1cccnc1N=C(Cc1ccncc1)c1ccc(F)cc1. The lowest BCUT2D eigenvalue weighted by molar-refractivity contribution is 0.0527. The fraction of sp³-hybridized carbons (Fsp3) is 0.143. The third-order valence-electron chi connectivity index (χ3n) is 3.82. The Kier molecular flexibility index (Phi) is 5.99. The molecule has 27 heavy (non-hydrogen) atoms. The highest BCUT2D eigenvalue weighted by Crippen LogP contribution is 2.20. The molecule has 0 N–H and O–H groups in total. The quantitative estimate of drug-likeness (QED) is 0.487. The van der Waals surface area contributed by atoms with Gasteiger partial charge in [0.1, 0.15) is 11.4 Å². The number of hydrogen-bond acceptors (Lipinski definition) is 5. The van der Waals surface area contributed by atoms with E-state index >= 15 is 0 Å². The minimum atomic E-state index is -0.480. The first-order chi connectivity index (χ1) is 13.2. The first-order valence-corrected chi connectivity index (χ1v) is 8.52. The molecular weight excluding hydrogens is 345 g/mol. The minimum absolute atomic E-state index is 0.263. The Morgan fingerprint density at radius 3 is 2.52 bits per heavy atom. The van der Waals surface area contributed by atoms with Gasteiger partial charge < -0.3 is 4.74 Å². The number of aromatic nitrogens is 2. The molecule has 0 unspecified atom stereocenters. The predicted octanol–water partition coefficient (Wildman–Crippen LogP) is 4.16. The van der Waals surface area contributed by atoms with Crippen molar-refractivity contribution in [1.29, 1.82) is 0 Å². The molecule has 0 aliphatic rings. The lowest BCUT2D eigenvalue weighted by Gasteiger charge is -2.09. The average molecular weight is 363 g/mol. The smallest absolute Gasteiger partial charge is 0.341 e. The monoisotopic (exact) mass is 363 g/mol. The van der Waals surface area contributed by atoms with Gasteiger partial charge in [0.15, 0.2) is 5.82 Å². The lowest BCUT2D eigenvalue weighted by atomic mass is 10.0. The van der Waals surface area contributed by atoms with Crippen molar-refractivity contribution < 1.29 is 13.9 Å². The molecule has 6 heteroatoms. The Bertz CT molecular complexity index is 941. The standard InChI is InChI=1S/C21H18FN3O2/c1-2-27-21(26)18-4-3-11-24-20(18)25-19(14-15-9-12-23-13-10-15)16-5-7-17(22)8-6-16/h3-13H,2,14H2,1H3. The molecule has 136 valence electrons. The summed E-state index contributed by atoms with van der Waals surface area (Å²) in [6.45, 7) is 2.00. The zero-order chi connectivity index (χ0) is 19.1. The Hall–Kier alpha value is -3.41. The van der Waals surface area contributed by atoms with E-state index in [2.05, 4.69) is 15.0 Å². The van der Waals surface area contributed by atoms with Gasteiger partial charge in [0.25, 0.3) is 0 Å². The van der Waals surface area contributed by atoms with E-state index in [0.29, 0.717) is 12.1 Å². The van der Waals surface area contributed by atoms with Gasteiger partial charge in [-0.15, -0.1) is 0 Å². The third-order valence-corrected chi connectivity index (χ3v) is 3.82. The summed E-state index contributed by atoms with van der Waals surface area (Å²) in [6, 6.07) is 13.1. The maximum absolute atomic E-state index is 13.3. The van der Waals surface area contributed by atoms with E-state index in [1.807, 2.05) is 12.1 Å². The van der Waals surface area contributed by atoms with Gasteiger partial charge >= 0.3 is 5.97 Å². The van der Waals surface area contributed by atoms with Gasteiger partial charge in [-0.05, 0) is 54.4 Å². The van der Waals surface area contributed by atoms with Crippen LogP contribution in [0.15, 0.2) is 72.1 Å². The largest absolute Gasteiger partial charge is 0.462 e. The zero-order valence-corrected chi connectivity index (χ0v) is 14.8. The summed E-state index contributed by atoms with van der Waals surface area (Å²) in [5.74, 6) is -0.539. The Morgan fingerprint density at radius 2 is 1.81 bits per heavy atom. The van der Waals surface area contributed by atoms with Crippen LogP contribution in [-0.4, -0.2) is 28.3 Å². The van der Waals surface area contributed by atoms with Crippen LogP contribution in [-0.2, 0) is 11.2 Å². The highest BCUT2D eigenvalue weighted by Gasteiger charge is 2.15. The van der Waals surface area contributed by atoms with Crippen molar-refractivity contribution in [3.05, 3.63) is 89.6 Å². The van der Waals surface area contributed by atoms with Crippen molar-refractivity contribution in [3.8, 4) is 0 Å². The summed E-state index contributed by atoms with van der Waals surface area (Å²) in [5.41, 5.74) is 2.68. The zero-order valence-electron chi connectivity index (χ0n) is 14.8. The summed E-state index contributed by atoms with van der Waals surface area (Å²) in [7, 11) is 0. The highest BCUT2D eigenvalue weighted by molar-refractivity contribution is 6.04. The second kappa shape index (κ2) is 8.80. The van der Waals surface area contributed by atoms with Gasteiger partial charge in [-0.3, -0.25) is 4.98 Å². The van der Waals surface area contributed by atoms with Gasteiger partial charge in [0, 0.05) is 25.0 Å². The number of carbonyl (C=O) groups is 1. The minimum Gasteiger partial charge on any atom is -0.462 e. The first-order valence-electron chi connectivity index (χ1n) is 8.52. The number of carbonyl (C=O) groups excluding carboxylic acids is 1. The van der Waals surface area contributed by atoms with Crippen molar-refractivity contribution in [2.45, 2.75) is 13.3 Å². The Labute approximate surface area is 156 Å². The van der Waals surface area contributed by atoms with E-state index in [0.717, 1.165) is 11.1 Å². The predicted molar refractivity (Wildman–Crippen MR) is 101 cm³/mol. The number of aliphatic imine (C=N–C) groups is 1. The molecule has 5 nitrogen and oxygen atoms in total. The second-order valence-corrected chi connectivity index (χ2v) is 5.69. The van der Waals surface area contributed by atoms with Crippen LogP contribution in [0.5, 0.6) is 0 Å². The van der Waals surface area contributed by atoms with Gasteiger partial charge in [-0.1, -0.05) is 12.1 Å². The molecule has 0 fully saturated rings.